The lowest BCUT2D eigenvalue weighted by molar-refractivity contribution is 0.292. The smallest absolute Gasteiger partial charge is 0.224 e. The molecule has 0 saturated heterocycles. The highest BCUT2D eigenvalue weighted by Gasteiger charge is 2.26. The fraction of sp³-hybridized carbons (Fsp3) is 0.444. The number of aryl methyl sites for hydroxylation is 2. The number of nitrogens with one attached hydrogen (secondary N) is 2. The first kappa shape index (κ1) is 15.7. The molecule has 0 amide bonds. The first-order valence-electron chi connectivity index (χ1n) is 8.24. The number of para-hydroxylation sites is 1. The number of rotatable bonds is 7. The highest BCUT2D eigenvalue weighted by molar-refractivity contribution is 5.65. The first-order valence-corrected chi connectivity index (χ1v) is 8.24. The van der Waals surface area contributed by atoms with Crippen LogP contribution in [0.2, 0.25) is 0 Å². The van der Waals surface area contributed by atoms with E-state index >= 15 is 0 Å². The maximum Gasteiger partial charge on any atom is 0.224 e. The van der Waals surface area contributed by atoms with Crippen LogP contribution in [-0.4, -0.2) is 28.2 Å². The largest absolute Gasteiger partial charge is 0.396 e. The van der Waals surface area contributed by atoms with Gasteiger partial charge in [-0.05, 0) is 44.2 Å². The van der Waals surface area contributed by atoms with E-state index in [1.165, 1.54) is 24.0 Å². The molecule has 0 unspecified atom stereocenters. The minimum Gasteiger partial charge on any atom is -0.396 e. The molecule has 3 rings (SSSR count). The van der Waals surface area contributed by atoms with Crippen LogP contribution in [0.4, 0.5) is 17.5 Å². The van der Waals surface area contributed by atoms with Gasteiger partial charge in [0.25, 0.3) is 0 Å². The Kier molecular flexibility index (Phi) is 4.76. The summed E-state index contributed by atoms with van der Waals surface area (Å²) in [5, 5.41) is 15.6. The molecule has 0 radical (unpaired) electrons. The van der Waals surface area contributed by atoms with Gasteiger partial charge in [0.2, 0.25) is 5.95 Å². The summed E-state index contributed by atoms with van der Waals surface area (Å²) >= 11 is 0. The van der Waals surface area contributed by atoms with Crippen LogP contribution in [0.3, 0.4) is 0 Å². The van der Waals surface area contributed by atoms with Gasteiger partial charge in [0.15, 0.2) is 0 Å². The van der Waals surface area contributed by atoms with Gasteiger partial charge in [0.1, 0.15) is 5.82 Å². The van der Waals surface area contributed by atoms with Gasteiger partial charge in [-0.15, -0.1) is 0 Å². The molecular weight excluding hydrogens is 288 g/mol. The standard InChI is InChI=1S/C18H24N4O/c1-12-5-3-6-13(2)17(12)21-16-11-15(14-7-8-14)20-18(22-16)19-9-4-10-23/h3,5-6,11,14,23H,4,7-10H2,1-2H3,(H2,19,20,21,22). The molecule has 122 valence electrons. The summed E-state index contributed by atoms with van der Waals surface area (Å²) in [5.41, 5.74) is 4.60. The van der Waals surface area contributed by atoms with E-state index in [9.17, 15) is 0 Å². The highest BCUT2D eigenvalue weighted by Crippen LogP contribution is 2.40. The van der Waals surface area contributed by atoms with Crippen molar-refractivity contribution < 1.29 is 5.11 Å². The molecule has 0 spiro atoms. The van der Waals surface area contributed by atoms with Crippen molar-refractivity contribution in [3.63, 3.8) is 0 Å². The van der Waals surface area contributed by atoms with Gasteiger partial charge in [-0.25, -0.2) is 4.98 Å². The zero-order valence-electron chi connectivity index (χ0n) is 13.8. The predicted molar refractivity (Wildman–Crippen MR) is 93.4 cm³/mol. The molecule has 0 atom stereocenters. The molecule has 23 heavy (non-hydrogen) atoms. The first-order chi connectivity index (χ1) is 11.2. The Labute approximate surface area is 137 Å². The van der Waals surface area contributed by atoms with Crippen LogP contribution in [0.1, 0.15) is 42.0 Å². The summed E-state index contributed by atoms with van der Waals surface area (Å²) in [7, 11) is 0. The number of anilines is 3. The maximum atomic E-state index is 8.91. The van der Waals surface area contributed by atoms with Crippen LogP contribution < -0.4 is 10.6 Å². The number of nitrogens with zero attached hydrogens (tertiary/aromatic N) is 2. The molecule has 1 aromatic heterocycles. The summed E-state index contributed by atoms with van der Waals surface area (Å²) in [4.78, 5) is 9.19. The molecule has 0 aliphatic heterocycles. The Morgan fingerprint density at radius 2 is 1.91 bits per heavy atom. The van der Waals surface area contributed by atoms with Gasteiger partial charge >= 0.3 is 0 Å². The molecule has 2 aromatic rings. The number of aliphatic hydroxyl groups is 1. The zero-order chi connectivity index (χ0) is 16.2. The zero-order valence-corrected chi connectivity index (χ0v) is 13.8. The maximum absolute atomic E-state index is 8.91. The van der Waals surface area contributed by atoms with E-state index < -0.39 is 0 Å². The molecule has 1 saturated carbocycles. The molecule has 1 aromatic carbocycles. The average Bonchev–Trinajstić information content (AvgIpc) is 3.36. The van der Waals surface area contributed by atoms with Crippen molar-refractivity contribution in [2.45, 2.75) is 39.0 Å². The summed E-state index contributed by atoms with van der Waals surface area (Å²) < 4.78 is 0. The van der Waals surface area contributed by atoms with Crippen LogP contribution in [0.15, 0.2) is 24.3 Å². The minimum absolute atomic E-state index is 0.169. The molecule has 1 heterocycles. The van der Waals surface area contributed by atoms with E-state index in [1.807, 2.05) is 0 Å². The molecule has 3 N–H and O–H groups in total. The van der Waals surface area contributed by atoms with Crippen LogP contribution in [-0.2, 0) is 0 Å². The Balaban J connectivity index is 1.85. The Morgan fingerprint density at radius 1 is 1.17 bits per heavy atom. The Morgan fingerprint density at radius 3 is 2.57 bits per heavy atom. The van der Waals surface area contributed by atoms with Crippen molar-refractivity contribution >= 4 is 17.5 Å². The Hall–Kier alpha value is -2.14. The molecule has 1 aliphatic carbocycles. The highest BCUT2D eigenvalue weighted by atomic mass is 16.3. The third kappa shape index (κ3) is 3.99. The molecular formula is C18H24N4O. The third-order valence-electron chi connectivity index (χ3n) is 4.09. The van der Waals surface area contributed by atoms with Gasteiger partial charge in [-0.3, -0.25) is 0 Å². The van der Waals surface area contributed by atoms with Crippen molar-refractivity contribution in [2.75, 3.05) is 23.8 Å². The van der Waals surface area contributed by atoms with Gasteiger partial charge < -0.3 is 15.7 Å². The van der Waals surface area contributed by atoms with Gasteiger partial charge in [0.05, 0.1) is 5.69 Å². The fourth-order valence-corrected chi connectivity index (χ4v) is 2.62. The van der Waals surface area contributed by atoms with Crippen molar-refractivity contribution in [3.8, 4) is 0 Å². The number of hydrogen-bond donors (Lipinski definition) is 3. The van der Waals surface area contributed by atoms with Crippen LogP contribution in [0.25, 0.3) is 0 Å². The van der Waals surface area contributed by atoms with Gasteiger partial charge in [-0.2, -0.15) is 4.98 Å². The topological polar surface area (TPSA) is 70.1 Å². The van der Waals surface area contributed by atoms with E-state index in [1.54, 1.807) is 0 Å². The SMILES string of the molecule is Cc1cccc(C)c1Nc1cc(C2CC2)nc(NCCCO)n1. The second-order valence-electron chi connectivity index (χ2n) is 6.17. The molecule has 1 fully saturated rings. The monoisotopic (exact) mass is 312 g/mol. The van der Waals surface area contributed by atoms with Crippen LogP contribution in [0.5, 0.6) is 0 Å². The van der Waals surface area contributed by atoms with Crippen molar-refractivity contribution in [2.24, 2.45) is 0 Å². The van der Waals surface area contributed by atoms with E-state index in [-0.39, 0.29) is 6.61 Å². The molecule has 0 bridgehead atoms. The summed E-state index contributed by atoms with van der Waals surface area (Å²) in [5.74, 6) is 2.03. The van der Waals surface area contributed by atoms with Crippen LogP contribution >= 0.6 is 0 Å². The predicted octanol–water partition coefficient (Wildman–Crippen LogP) is 3.51. The molecule has 5 nitrogen and oxygen atoms in total. The van der Waals surface area contributed by atoms with Crippen molar-refractivity contribution in [1.29, 1.82) is 0 Å². The van der Waals surface area contributed by atoms with Crippen molar-refractivity contribution in [3.05, 3.63) is 41.1 Å². The van der Waals surface area contributed by atoms with E-state index in [4.69, 9.17) is 5.11 Å². The van der Waals surface area contributed by atoms with E-state index in [0.29, 0.717) is 24.8 Å². The third-order valence-corrected chi connectivity index (χ3v) is 4.09. The number of benzene rings is 1. The second kappa shape index (κ2) is 6.96. The summed E-state index contributed by atoms with van der Waals surface area (Å²) in [6, 6.07) is 8.31. The number of aromatic nitrogens is 2. The van der Waals surface area contributed by atoms with Gasteiger partial charge in [-0.1, -0.05) is 18.2 Å². The fourth-order valence-electron chi connectivity index (χ4n) is 2.62. The lowest BCUT2D eigenvalue weighted by Crippen LogP contribution is -2.09. The average molecular weight is 312 g/mol. The van der Waals surface area contributed by atoms with E-state index in [2.05, 4.69) is 58.7 Å². The number of hydrogen-bond acceptors (Lipinski definition) is 5. The van der Waals surface area contributed by atoms with Crippen LogP contribution in [0, 0.1) is 13.8 Å². The quantitative estimate of drug-likeness (QED) is 0.683. The normalized spacial score (nSPS) is 13.9. The Bertz CT molecular complexity index is 662. The summed E-state index contributed by atoms with van der Waals surface area (Å²) in [6.45, 7) is 5.04. The molecule has 5 heteroatoms. The lowest BCUT2D eigenvalue weighted by Gasteiger charge is -2.14. The lowest BCUT2D eigenvalue weighted by atomic mass is 10.1. The minimum atomic E-state index is 0.169. The number of aliphatic hydroxyl groups excluding tert-OH is 1. The van der Waals surface area contributed by atoms with Crippen molar-refractivity contribution in [1.82, 2.24) is 9.97 Å². The second-order valence-corrected chi connectivity index (χ2v) is 6.17. The molecule has 1 aliphatic rings. The summed E-state index contributed by atoms with van der Waals surface area (Å²) in [6.07, 6.45) is 3.10. The van der Waals surface area contributed by atoms with Gasteiger partial charge in [0, 0.05) is 30.8 Å². The van der Waals surface area contributed by atoms with E-state index in [0.717, 1.165) is 17.2 Å².